The third kappa shape index (κ3) is 3.74. The van der Waals surface area contributed by atoms with Crippen LogP contribution in [0.2, 0.25) is 0 Å². The van der Waals surface area contributed by atoms with Gasteiger partial charge in [0.05, 0.1) is 17.8 Å². The van der Waals surface area contributed by atoms with Gasteiger partial charge in [-0.3, -0.25) is 14.5 Å². The SMILES string of the molecule is CCC(CC)n1ccc(CN[C@@H]2CC(=O)N(C)[C@H]2c2cccnc2)n1. The van der Waals surface area contributed by atoms with E-state index >= 15 is 0 Å². The molecule has 0 aromatic carbocycles. The lowest BCUT2D eigenvalue weighted by Gasteiger charge is -2.25. The number of pyridine rings is 1. The lowest BCUT2D eigenvalue weighted by atomic mass is 10.0. The smallest absolute Gasteiger partial charge is 0.224 e. The largest absolute Gasteiger partial charge is 0.337 e. The molecule has 134 valence electrons. The summed E-state index contributed by atoms with van der Waals surface area (Å²) in [6, 6.07) is 6.55. The topological polar surface area (TPSA) is 63.1 Å². The Morgan fingerprint density at radius 2 is 2.12 bits per heavy atom. The highest BCUT2D eigenvalue weighted by atomic mass is 16.2. The highest BCUT2D eigenvalue weighted by Gasteiger charge is 2.38. The van der Waals surface area contributed by atoms with Crippen molar-refractivity contribution < 1.29 is 4.79 Å². The van der Waals surface area contributed by atoms with Crippen molar-refractivity contribution in [3.05, 3.63) is 48.0 Å². The molecule has 0 bridgehead atoms. The van der Waals surface area contributed by atoms with Crippen molar-refractivity contribution in [2.75, 3.05) is 7.05 Å². The Balaban J connectivity index is 1.68. The van der Waals surface area contributed by atoms with Gasteiger partial charge in [-0.15, -0.1) is 0 Å². The lowest BCUT2D eigenvalue weighted by molar-refractivity contribution is -0.127. The van der Waals surface area contributed by atoms with E-state index in [-0.39, 0.29) is 18.0 Å². The Morgan fingerprint density at radius 1 is 1.32 bits per heavy atom. The maximum Gasteiger partial charge on any atom is 0.224 e. The van der Waals surface area contributed by atoms with Crippen LogP contribution in [0, 0.1) is 0 Å². The predicted octanol–water partition coefficient (Wildman–Crippen LogP) is 2.70. The molecule has 25 heavy (non-hydrogen) atoms. The normalized spacial score (nSPS) is 20.6. The van der Waals surface area contributed by atoms with E-state index in [1.807, 2.05) is 30.3 Å². The van der Waals surface area contributed by atoms with E-state index < -0.39 is 0 Å². The standard InChI is InChI=1S/C19H27N5O/c1-4-16(5-2)24-10-8-15(22-24)13-21-17-11-18(25)23(3)19(17)14-7-6-9-20-12-14/h6-10,12,16-17,19,21H,4-5,11,13H2,1-3H3/t17-,19+/m1/s1. The minimum Gasteiger partial charge on any atom is -0.337 e. The van der Waals surface area contributed by atoms with Crippen LogP contribution in [-0.2, 0) is 11.3 Å². The van der Waals surface area contributed by atoms with Gasteiger partial charge in [-0.1, -0.05) is 19.9 Å². The first kappa shape index (κ1) is 17.6. The zero-order valence-corrected chi connectivity index (χ0v) is 15.2. The number of amides is 1. The summed E-state index contributed by atoms with van der Waals surface area (Å²) in [5.74, 6) is 0.161. The number of carbonyl (C=O) groups is 1. The van der Waals surface area contributed by atoms with E-state index in [9.17, 15) is 4.79 Å². The number of nitrogens with zero attached hydrogens (tertiary/aromatic N) is 4. The number of hydrogen-bond donors (Lipinski definition) is 1. The molecule has 1 aliphatic heterocycles. The number of nitrogens with one attached hydrogen (secondary N) is 1. The van der Waals surface area contributed by atoms with Crippen LogP contribution in [-0.4, -0.2) is 38.7 Å². The second-order valence-electron chi connectivity index (χ2n) is 6.68. The fourth-order valence-electron chi connectivity index (χ4n) is 3.63. The van der Waals surface area contributed by atoms with Crippen LogP contribution >= 0.6 is 0 Å². The van der Waals surface area contributed by atoms with Gasteiger partial charge in [0.25, 0.3) is 0 Å². The molecule has 6 heteroatoms. The number of rotatable bonds is 7. The Hall–Kier alpha value is -2.21. The van der Waals surface area contributed by atoms with E-state index in [0.29, 0.717) is 19.0 Å². The van der Waals surface area contributed by atoms with Gasteiger partial charge in [0.2, 0.25) is 5.91 Å². The molecule has 0 spiro atoms. The number of carbonyl (C=O) groups excluding carboxylic acids is 1. The molecule has 2 aromatic rings. The van der Waals surface area contributed by atoms with Gasteiger partial charge in [0, 0.05) is 44.6 Å². The fraction of sp³-hybridized carbons (Fsp3) is 0.526. The molecular formula is C19H27N5O. The molecule has 1 saturated heterocycles. The molecule has 0 aliphatic carbocycles. The molecule has 1 amide bonds. The monoisotopic (exact) mass is 341 g/mol. The molecule has 1 N–H and O–H groups in total. The van der Waals surface area contributed by atoms with Crippen molar-refractivity contribution in [3.63, 3.8) is 0 Å². The van der Waals surface area contributed by atoms with Crippen molar-refractivity contribution in [1.82, 2.24) is 25.0 Å². The third-order valence-corrected chi connectivity index (χ3v) is 5.14. The Labute approximate surface area is 149 Å². The Bertz CT molecular complexity index is 695. The van der Waals surface area contributed by atoms with Gasteiger partial charge in [-0.25, -0.2) is 0 Å². The predicted molar refractivity (Wildman–Crippen MR) is 96.8 cm³/mol. The molecular weight excluding hydrogens is 314 g/mol. The molecule has 2 aromatic heterocycles. The van der Waals surface area contributed by atoms with E-state index in [2.05, 4.69) is 41.1 Å². The highest BCUT2D eigenvalue weighted by molar-refractivity contribution is 5.80. The van der Waals surface area contributed by atoms with Crippen LogP contribution in [0.4, 0.5) is 0 Å². The highest BCUT2D eigenvalue weighted by Crippen LogP contribution is 2.31. The second-order valence-corrected chi connectivity index (χ2v) is 6.68. The van der Waals surface area contributed by atoms with Gasteiger partial charge in [-0.05, 0) is 30.5 Å². The molecule has 0 saturated carbocycles. The Kier molecular flexibility index (Phi) is 5.48. The van der Waals surface area contributed by atoms with Crippen LogP contribution in [0.1, 0.15) is 56.5 Å². The van der Waals surface area contributed by atoms with Crippen LogP contribution in [0.5, 0.6) is 0 Å². The van der Waals surface area contributed by atoms with Crippen LogP contribution < -0.4 is 5.32 Å². The molecule has 3 heterocycles. The summed E-state index contributed by atoms with van der Waals surface area (Å²) < 4.78 is 2.06. The quantitative estimate of drug-likeness (QED) is 0.841. The summed E-state index contributed by atoms with van der Waals surface area (Å²) >= 11 is 0. The average molecular weight is 341 g/mol. The summed E-state index contributed by atoms with van der Waals surface area (Å²) in [5.41, 5.74) is 2.08. The molecule has 0 unspecified atom stereocenters. The minimum atomic E-state index is 0.0160. The first-order chi connectivity index (χ1) is 12.1. The van der Waals surface area contributed by atoms with Crippen molar-refractivity contribution in [2.24, 2.45) is 0 Å². The molecule has 1 aliphatic rings. The minimum absolute atomic E-state index is 0.0160. The third-order valence-electron chi connectivity index (χ3n) is 5.14. The summed E-state index contributed by atoms with van der Waals surface area (Å²) in [6.45, 7) is 5.04. The first-order valence-corrected chi connectivity index (χ1v) is 9.07. The molecule has 3 rings (SSSR count). The second kappa shape index (κ2) is 7.78. The van der Waals surface area contributed by atoms with Crippen LogP contribution in [0.3, 0.4) is 0 Å². The molecule has 6 nitrogen and oxygen atoms in total. The zero-order valence-electron chi connectivity index (χ0n) is 15.2. The van der Waals surface area contributed by atoms with Crippen molar-refractivity contribution >= 4 is 5.91 Å². The van der Waals surface area contributed by atoms with Gasteiger partial charge in [0.1, 0.15) is 0 Å². The van der Waals surface area contributed by atoms with Crippen LogP contribution in [0.15, 0.2) is 36.8 Å². The summed E-state index contributed by atoms with van der Waals surface area (Å²) in [6.07, 6.45) is 8.32. The van der Waals surface area contributed by atoms with Gasteiger partial charge < -0.3 is 10.2 Å². The number of likely N-dealkylation sites (tertiary alicyclic amines) is 1. The summed E-state index contributed by atoms with van der Waals surface area (Å²) in [7, 11) is 1.86. The van der Waals surface area contributed by atoms with Crippen molar-refractivity contribution in [2.45, 2.75) is 57.8 Å². The molecule has 1 fully saturated rings. The van der Waals surface area contributed by atoms with E-state index in [4.69, 9.17) is 5.10 Å². The van der Waals surface area contributed by atoms with Crippen LogP contribution in [0.25, 0.3) is 0 Å². The van der Waals surface area contributed by atoms with Gasteiger partial charge >= 0.3 is 0 Å². The number of hydrogen-bond acceptors (Lipinski definition) is 4. The Morgan fingerprint density at radius 3 is 2.80 bits per heavy atom. The lowest BCUT2D eigenvalue weighted by Crippen LogP contribution is -2.35. The molecule has 2 atom stereocenters. The van der Waals surface area contributed by atoms with E-state index in [1.54, 1.807) is 6.20 Å². The fourth-order valence-corrected chi connectivity index (χ4v) is 3.63. The van der Waals surface area contributed by atoms with E-state index in [0.717, 1.165) is 24.1 Å². The first-order valence-electron chi connectivity index (χ1n) is 9.07. The average Bonchev–Trinajstić information content (AvgIpc) is 3.20. The van der Waals surface area contributed by atoms with Gasteiger partial charge in [-0.2, -0.15) is 5.10 Å². The van der Waals surface area contributed by atoms with Crippen molar-refractivity contribution in [3.8, 4) is 0 Å². The number of aromatic nitrogens is 3. The number of likely N-dealkylation sites (N-methyl/N-ethyl adjacent to an activating group) is 1. The van der Waals surface area contributed by atoms with E-state index in [1.165, 1.54) is 0 Å². The summed E-state index contributed by atoms with van der Waals surface area (Å²) in [5, 5.41) is 8.22. The maximum absolute atomic E-state index is 12.2. The summed E-state index contributed by atoms with van der Waals surface area (Å²) in [4.78, 5) is 18.2. The molecule has 0 radical (unpaired) electrons. The zero-order chi connectivity index (χ0) is 17.8. The van der Waals surface area contributed by atoms with Crippen molar-refractivity contribution in [1.29, 1.82) is 0 Å². The maximum atomic E-state index is 12.2. The van der Waals surface area contributed by atoms with Gasteiger partial charge in [0.15, 0.2) is 0 Å².